The Morgan fingerprint density at radius 3 is 2.42 bits per heavy atom. The van der Waals surface area contributed by atoms with Crippen molar-refractivity contribution >= 4 is 11.6 Å². The summed E-state index contributed by atoms with van der Waals surface area (Å²) in [6.07, 6.45) is 10.1. The third-order valence-corrected chi connectivity index (χ3v) is 3.41. The Bertz CT molecular complexity index is 149. The Balaban J connectivity index is 1.80. The maximum Gasteiger partial charge on any atom is 0.100 e. The Morgan fingerprint density at radius 1 is 0.917 bits per heavy atom. The van der Waals surface area contributed by atoms with E-state index in [9.17, 15) is 0 Å². The van der Waals surface area contributed by atoms with Crippen molar-refractivity contribution in [2.75, 3.05) is 0 Å². The van der Waals surface area contributed by atoms with Crippen molar-refractivity contribution in [3.8, 4) is 0 Å². The summed E-state index contributed by atoms with van der Waals surface area (Å²) >= 11 is 6.19. The van der Waals surface area contributed by atoms with Crippen LogP contribution in [0.1, 0.15) is 44.9 Å². The van der Waals surface area contributed by atoms with Gasteiger partial charge in [0.1, 0.15) is 6.10 Å². The molecule has 2 aliphatic rings. The number of epoxide rings is 1. The van der Waals surface area contributed by atoms with Crippen LogP contribution in [0.4, 0.5) is 0 Å². The summed E-state index contributed by atoms with van der Waals surface area (Å²) in [7, 11) is 0. The van der Waals surface area contributed by atoms with E-state index in [1.54, 1.807) is 0 Å². The highest BCUT2D eigenvalue weighted by Gasteiger charge is 2.43. The molecule has 1 heterocycles. The lowest BCUT2D eigenvalue weighted by Crippen LogP contribution is -2.11. The third kappa shape index (κ3) is 2.14. The van der Waals surface area contributed by atoms with E-state index in [1.807, 2.05) is 0 Å². The Kier molecular flexibility index (Phi) is 2.92. The first kappa shape index (κ1) is 8.83. The SMILES string of the molecule is ClC1CCCCCCCC2OC12. The zero-order chi connectivity index (χ0) is 8.39. The Hall–Kier alpha value is 0.250. The number of hydrogen-bond acceptors (Lipinski definition) is 1. The van der Waals surface area contributed by atoms with Gasteiger partial charge in [0.2, 0.25) is 0 Å². The largest absolute Gasteiger partial charge is 0.368 e. The topological polar surface area (TPSA) is 12.5 Å². The van der Waals surface area contributed by atoms with Crippen molar-refractivity contribution < 1.29 is 4.74 Å². The summed E-state index contributed by atoms with van der Waals surface area (Å²) < 4.78 is 5.53. The van der Waals surface area contributed by atoms with E-state index in [2.05, 4.69) is 0 Å². The zero-order valence-electron chi connectivity index (χ0n) is 7.47. The molecule has 1 saturated heterocycles. The molecule has 0 aromatic carbocycles. The van der Waals surface area contributed by atoms with E-state index in [0.717, 1.165) is 6.42 Å². The van der Waals surface area contributed by atoms with Crippen molar-refractivity contribution in [3.63, 3.8) is 0 Å². The summed E-state index contributed by atoms with van der Waals surface area (Å²) in [5.74, 6) is 0. The minimum Gasteiger partial charge on any atom is -0.368 e. The van der Waals surface area contributed by atoms with Gasteiger partial charge >= 0.3 is 0 Å². The lowest BCUT2D eigenvalue weighted by Gasteiger charge is -2.08. The van der Waals surface area contributed by atoms with Crippen LogP contribution in [-0.2, 0) is 4.74 Å². The summed E-state index contributed by atoms with van der Waals surface area (Å²) in [5.41, 5.74) is 0. The highest BCUT2D eigenvalue weighted by Crippen LogP contribution is 2.35. The molecule has 12 heavy (non-hydrogen) atoms. The molecule has 0 amide bonds. The van der Waals surface area contributed by atoms with Crippen LogP contribution >= 0.6 is 11.6 Å². The molecule has 1 saturated carbocycles. The fourth-order valence-corrected chi connectivity index (χ4v) is 2.46. The quantitative estimate of drug-likeness (QED) is 0.421. The molecule has 2 rings (SSSR count). The van der Waals surface area contributed by atoms with Gasteiger partial charge < -0.3 is 4.74 Å². The molecular weight excluding hydrogens is 172 g/mol. The van der Waals surface area contributed by atoms with Gasteiger partial charge in [-0.05, 0) is 12.8 Å². The number of ether oxygens (including phenoxy) is 1. The molecule has 0 aromatic heterocycles. The summed E-state index contributed by atoms with van der Waals surface area (Å²) in [5, 5.41) is 0.299. The minimum absolute atomic E-state index is 0.299. The molecule has 70 valence electrons. The highest BCUT2D eigenvalue weighted by atomic mass is 35.5. The van der Waals surface area contributed by atoms with Gasteiger partial charge in [-0.2, -0.15) is 0 Å². The molecule has 3 unspecified atom stereocenters. The first-order chi connectivity index (χ1) is 5.88. The molecule has 1 aliphatic heterocycles. The van der Waals surface area contributed by atoms with Crippen LogP contribution in [0.3, 0.4) is 0 Å². The van der Waals surface area contributed by atoms with Crippen molar-refractivity contribution in [1.82, 2.24) is 0 Å². The van der Waals surface area contributed by atoms with E-state index in [-0.39, 0.29) is 0 Å². The Labute approximate surface area is 79.4 Å². The smallest absolute Gasteiger partial charge is 0.100 e. The predicted octanol–water partition coefficient (Wildman–Crippen LogP) is 3.11. The van der Waals surface area contributed by atoms with Gasteiger partial charge in [0.15, 0.2) is 0 Å². The molecule has 2 fully saturated rings. The van der Waals surface area contributed by atoms with E-state index in [1.165, 1.54) is 38.5 Å². The van der Waals surface area contributed by atoms with Crippen molar-refractivity contribution in [3.05, 3.63) is 0 Å². The Morgan fingerprint density at radius 2 is 1.58 bits per heavy atom. The van der Waals surface area contributed by atoms with Crippen molar-refractivity contribution in [1.29, 1.82) is 0 Å². The standard InChI is InChI=1S/C10H17ClO/c11-8-6-4-2-1-3-5-7-9-10(8)12-9/h8-10H,1-7H2. The number of alkyl halides is 1. The molecule has 0 N–H and O–H groups in total. The third-order valence-electron chi connectivity index (χ3n) is 2.95. The second kappa shape index (κ2) is 3.97. The predicted molar refractivity (Wildman–Crippen MR) is 50.6 cm³/mol. The van der Waals surface area contributed by atoms with E-state index in [0.29, 0.717) is 17.6 Å². The molecule has 0 bridgehead atoms. The van der Waals surface area contributed by atoms with Crippen LogP contribution < -0.4 is 0 Å². The van der Waals surface area contributed by atoms with Gasteiger partial charge in [-0.15, -0.1) is 11.6 Å². The van der Waals surface area contributed by atoms with Gasteiger partial charge in [-0.25, -0.2) is 0 Å². The summed E-state index contributed by atoms with van der Waals surface area (Å²) in [6.45, 7) is 0. The molecule has 1 nitrogen and oxygen atoms in total. The van der Waals surface area contributed by atoms with Crippen LogP contribution in [0.15, 0.2) is 0 Å². The van der Waals surface area contributed by atoms with Gasteiger partial charge in [-0.1, -0.05) is 32.1 Å². The van der Waals surface area contributed by atoms with Gasteiger partial charge in [0, 0.05) is 0 Å². The average molecular weight is 189 g/mol. The van der Waals surface area contributed by atoms with Gasteiger partial charge in [0.25, 0.3) is 0 Å². The first-order valence-electron chi connectivity index (χ1n) is 5.17. The summed E-state index contributed by atoms with van der Waals surface area (Å²) in [4.78, 5) is 0. The average Bonchev–Trinajstić information content (AvgIpc) is 2.82. The number of fused-ring (bicyclic) bond motifs is 1. The zero-order valence-corrected chi connectivity index (χ0v) is 8.22. The maximum absolute atomic E-state index is 6.19. The molecule has 0 radical (unpaired) electrons. The molecular formula is C10H17ClO. The number of rotatable bonds is 0. The molecule has 2 heteroatoms. The van der Waals surface area contributed by atoms with Gasteiger partial charge in [0.05, 0.1) is 11.5 Å². The van der Waals surface area contributed by atoms with Crippen LogP contribution in [0.25, 0.3) is 0 Å². The lowest BCUT2D eigenvalue weighted by molar-refractivity contribution is 0.353. The highest BCUT2D eigenvalue weighted by molar-refractivity contribution is 6.21. The fourth-order valence-electron chi connectivity index (χ4n) is 2.09. The van der Waals surface area contributed by atoms with Crippen LogP contribution in [0.5, 0.6) is 0 Å². The van der Waals surface area contributed by atoms with E-state index < -0.39 is 0 Å². The second-order valence-corrected chi connectivity index (χ2v) is 4.56. The van der Waals surface area contributed by atoms with Crippen LogP contribution in [0, 0.1) is 0 Å². The maximum atomic E-state index is 6.19. The lowest BCUT2D eigenvalue weighted by atomic mass is 10.0. The fraction of sp³-hybridized carbons (Fsp3) is 1.00. The number of halogens is 1. The van der Waals surface area contributed by atoms with Crippen molar-refractivity contribution in [2.24, 2.45) is 0 Å². The van der Waals surface area contributed by atoms with E-state index in [4.69, 9.17) is 16.3 Å². The van der Waals surface area contributed by atoms with Crippen LogP contribution in [-0.4, -0.2) is 17.6 Å². The minimum atomic E-state index is 0.299. The van der Waals surface area contributed by atoms with Gasteiger partial charge in [-0.3, -0.25) is 0 Å². The first-order valence-corrected chi connectivity index (χ1v) is 5.61. The molecule has 0 spiro atoms. The van der Waals surface area contributed by atoms with Crippen LogP contribution in [0.2, 0.25) is 0 Å². The second-order valence-electron chi connectivity index (χ2n) is 4.00. The monoisotopic (exact) mass is 188 g/mol. The molecule has 0 aromatic rings. The summed E-state index contributed by atoms with van der Waals surface area (Å²) in [6, 6.07) is 0. The number of hydrogen-bond donors (Lipinski definition) is 0. The molecule has 1 aliphatic carbocycles. The van der Waals surface area contributed by atoms with E-state index >= 15 is 0 Å². The normalized spacial score (nSPS) is 43.2. The van der Waals surface area contributed by atoms with Crippen molar-refractivity contribution in [2.45, 2.75) is 62.5 Å². The molecule has 3 atom stereocenters.